The number of hydrogen-bond acceptors (Lipinski definition) is 7. The fourth-order valence-electron chi connectivity index (χ4n) is 3.45. The number of nitrogens with two attached hydrogens (primary N) is 1. The van der Waals surface area contributed by atoms with Gasteiger partial charge >= 0.3 is 0 Å². The third kappa shape index (κ3) is 5.00. The van der Waals surface area contributed by atoms with Crippen molar-refractivity contribution < 1.29 is 14.3 Å². The van der Waals surface area contributed by atoms with E-state index in [0.29, 0.717) is 30.2 Å². The standard InChI is InChI=1S/C22H26N4O3/c1-28-18-11-17(13-25-14-18)26-21(16-7-9-29-10-8-16)22(27)19(12-23)20(24)15-5-3-2-4-6-15/h2-6,11-14,16,21,24,26H,7-10,23H2,1H3/b19-12+,24-20?. The van der Waals surface area contributed by atoms with E-state index in [9.17, 15) is 4.79 Å². The lowest BCUT2D eigenvalue weighted by atomic mass is 9.84. The number of hydrogen-bond donors (Lipinski definition) is 3. The first-order valence-corrected chi connectivity index (χ1v) is 9.57. The molecule has 2 heterocycles. The summed E-state index contributed by atoms with van der Waals surface area (Å²) in [6.45, 7) is 1.20. The number of methoxy groups -OCH3 is 1. The number of ketones is 1. The molecule has 1 saturated heterocycles. The molecule has 0 spiro atoms. The molecular weight excluding hydrogens is 368 g/mol. The van der Waals surface area contributed by atoms with E-state index in [-0.39, 0.29) is 23.0 Å². The second kappa shape index (κ2) is 9.84. The van der Waals surface area contributed by atoms with Crippen LogP contribution < -0.4 is 15.8 Å². The normalized spacial score (nSPS) is 16.1. The molecule has 1 aromatic heterocycles. The van der Waals surface area contributed by atoms with Crippen LogP contribution in [0.15, 0.2) is 60.6 Å². The Hall–Kier alpha value is -3.19. The minimum absolute atomic E-state index is 0.0565. The fourth-order valence-corrected chi connectivity index (χ4v) is 3.45. The average Bonchev–Trinajstić information content (AvgIpc) is 2.79. The quantitative estimate of drug-likeness (QED) is 0.469. The van der Waals surface area contributed by atoms with E-state index < -0.39 is 6.04 Å². The van der Waals surface area contributed by atoms with E-state index in [0.717, 1.165) is 12.8 Å². The molecule has 4 N–H and O–H groups in total. The molecule has 2 aromatic rings. The summed E-state index contributed by atoms with van der Waals surface area (Å²) in [4.78, 5) is 17.7. The maximum Gasteiger partial charge on any atom is 0.188 e. The van der Waals surface area contributed by atoms with Gasteiger partial charge in [0.2, 0.25) is 0 Å². The number of rotatable bonds is 8. The van der Waals surface area contributed by atoms with E-state index in [1.807, 2.05) is 18.2 Å². The van der Waals surface area contributed by atoms with E-state index in [1.165, 1.54) is 6.20 Å². The zero-order valence-electron chi connectivity index (χ0n) is 16.4. The summed E-state index contributed by atoms with van der Waals surface area (Å²) in [5.41, 5.74) is 7.43. The smallest absolute Gasteiger partial charge is 0.188 e. The maximum absolute atomic E-state index is 13.5. The van der Waals surface area contributed by atoms with Crippen molar-refractivity contribution >= 4 is 17.2 Å². The number of carbonyl (C=O) groups excluding carboxylic acids is 1. The highest BCUT2D eigenvalue weighted by Crippen LogP contribution is 2.26. The summed E-state index contributed by atoms with van der Waals surface area (Å²) in [5, 5.41) is 11.8. The molecule has 3 rings (SSSR count). The number of carbonyl (C=O) groups is 1. The highest BCUT2D eigenvalue weighted by Gasteiger charge is 2.33. The average molecular weight is 394 g/mol. The lowest BCUT2D eigenvalue weighted by molar-refractivity contribution is -0.117. The largest absolute Gasteiger partial charge is 0.495 e. The molecule has 0 bridgehead atoms. The number of ether oxygens (including phenoxy) is 2. The lowest BCUT2D eigenvalue weighted by Gasteiger charge is -2.31. The van der Waals surface area contributed by atoms with Gasteiger partial charge in [-0.15, -0.1) is 0 Å². The van der Waals surface area contributed by atoms with Crippen molar-refractivity contribution in [2.24, 2.45) is 11.7 Å². The van der Waals surface area contributed by atoms with Crippen molar-refractivity contribution in [2.75, 3.05) is 25.6 Å². The summed E-state index contributed by atoms with van der Waals surface area (Å²) in [6.07, 6.45) is 5.98. The predicted octanol–water partition coefficient (Wildman–Crippen LogP) is 2.78. The van der Waals surface area contributed by atoms with Crippen molar-refractivity contribution in [3.8, 4) is 5.75 Å². The van der Waals surface area contributed by atoms with Gasteiger partial charge in [0.25, 0.3) is 0 Å². The molecule has 1 aromatic carbocycles. The van der Waals surface area contributed by atoms with E-state index >= 15 is 0 Å². The van der Waals surface area contributed by atoms with E-state index in [1.54, 1.807) is 37.7 Å². The molecule has 7 nitrogen and oxygen atoms in total. The minimum atomic E-state index is -0.549. The Balaban J connectivity index is 1.89. The van der Waals surface area contributed by atoms with Crippen molar-refractivity contribution in [3.05, 3.63) is 66.1 Å². The Morgan fingerprint density at radius 1 is 1.31 bits per heavy atom. The Bertz CT molecular complexity index is 877. The van der Waals surface area contributed by atoms with Gasteiger partial charge in [0, 0.05) is 31.0 Å². The zero-order chi connectivity index (χ0) is 20.6. The topological polar surface area (TPSA) is 110 Å². The molecule has 152 valence electrons. The molecule has 1 fully saturated rings. The molecule has 29 heavy (non-hydrogen) atoms. The molecule has 1 unspecified atom stereocenters. The van der Waals surface area contributed by atoms with Crippen LogP contribution in [0.5, 0.6) is 5.75 Å². The van der Waals surface area contributed by atoms with Crippen molar-refractivity contribution in [2.45, 2.75) is 18.9 Å². The monoisotopic (exact) mass is 394 g/mol. The van der Waals surface area contributed by atoms with Gasteiger partial charge in [-0.05, 0) is 18.8 Å². The van der Waals surface area contributed by atoms with Gasteiger partial charge in [-0.2, -0.15) is 0 Å². The second-order valence-corrected chi connectivity index (χ2v) is 6.87. The SMILES string of the molecule is COc1cncc(NC(C(=O)/C(=C/N)C(=N)c2ccccc2)C2CCOCC2)c1. The van der Waals surface area contributed by atoms with Gasteiger partial charge in [-0.1, -0.05) is 30.3 Å². The zero-order valence-corrected chi connectivity index (χ0v) is 16.4. The van der Waals surface area contributed by atoms with Gasteiger partial charge in [-0.25, -0.2) is 0 Å². The summed E-state index contributed by atoms with van der Waals surface area (Å²) in [5.74, 6) is 0.442. The summed E-state index contributed by atoms with van der Waals surface area (Å²) in [6, 6.07) is 10.4. The number of aromatic nitrogens is 1. The summed E-state index contributed by atoms with van der Waals surface area (Å²) in [7, 11) is 1.57. The van der Waals surface area contributed by atoms with Crippen LogP contribution in [-0.2, 0) is 9.53 Å². The number of anilines is 1. The molecular formula is C22H26N4O3. The molecule has 1 atom stereocenters. The van der Waals surface area contributed by atoms with Crippen molar-refractivity contribution in [1.29, 1.82) is 5.41 Å². The highest BCUT2D eigenvalue weighted by atomic mass is 16.5. The third-order valence-electron chi connectivity index (χ3n) is 5.05. The van der Waals surface area contributed by atoms with E-state index in [4.69, 9.17) is 20.6 Å². The van der Waals surface area contributed by atoms with Crippen molar-refractivity contribution in [3.63, 3.8) is 0 Å². The van der Waals surface area contributed by atoms with Crippen LogP contribution in [0.25, 0.3) is 0 Å². The van der Waals surface area contributed by atoms with Gasteiger partial charge in [-0.3, -0.25) is 15.2 Å². The van der Waals surface area contributed by atoms with Crippen LogP contribution in [0.2, 0.25) is 0 Å². The molecule has 0 aliphatic carbocycles. The Kier molecular flexibility index (Phi) is 6.97. The summed E-state index contributed by atoms with van der Waals surface area (Å²) < 4.78 is 10.7. The Labute approximate surface area is 170 Å². The number of pyridine rings is 1. The summed E-state index contributed by atoms with van der Waals surface area (Å²) >= 11 is 0. The Morgan fingerprint density at radius 3 is 2.69 bits per heavy atom. The molecule has 0 radical (unpaired) electrons. The number of nitrogens with one attached hydrogen (secondary N) is 2. The minimum Gasteiger partial charge on any atom is -0.495 e. The molecule has 1 aliphatic heterocycles. The molecule has 0 amide bonds. The highest BCUT2D eigenvalue weighted by molar-refractivity contribution is 6.29. The fraction of sp³-hybridized carbons (Fsp3) is 0.318. The number of nitrogens with zero attached hydrogens (tertiary/aromatic N) is 1. The van der Waals surface area contributed by atoms with Crippen LogP contribution in [0.3, 0.4) is 0 Å². The Morgan fingerprint density at radius 2 is 2.03 bits per heavy atom. The number of Topliss-reactive ketones (excluding diaryl/α,β-unsaturated/α-hetero) is 1. The molecule has 1 aliphatic rings. The van der Waals surface area contributed by atoms with Crippen molar-refractivity contribution in [1.82, 2.24) is 4.98 Å². The lowest BCUT2D eigenvalue weighted by Crippen LogP contribution is -2.42. The van der Waals surface area contributed by atoms with Crippen LogP contribution >= 0.6 is 0 Å². The third-order valence-corrected chi connectivity index (χ3v) is 5.05. The van der Waals surface area contributed by atoms with E-state index in [2.05, 4.69) is 10.3 Å². The predicted molar refractivity (Wildman–Crippen MR) is 112 cm³/mol. The molecule has 7 heteroatoms. The van der Waals surface area contributed by atoms with Crippen LogP contribution in [0.1, 0.15) is 18.4 Å². The maximum atomic E-state index is 13.5. The first kappa shape index (κ1) is 20.5. The van der Waals surface area contributed by atoms with Crippen LogP contribution in [0.4, 0.5) is 5.69 Å². The second-order valence-electron chi connectivity index (χ2n) is 6.87. The van der Waals surface area contributed by atoms with Gasteiger partial charge in [0.1, 0.15) is 5.75 Å². The van der Waals surface area contributed by atoms with Crippen LogP contribution in [0, 0.1) is 11.3 Å². The molecule has 0 saturated carbocycles. The van der Waals surface area contributed by atoms with Gasteiger partial charge < -0.3 is 20.5 Å². The first-order chi connectivity index (χ1) is 14.1. The van der Waals surface area contributed by atoms with Crippen LogP contribution in [-0.4, -0.2) is 42.8 Å². The van der Waals surface area contributed by atoms with Gasteiger partial charge in [0.05, 0.1) is 42.5 Å². The first-order valence-electron chi connectivity index (χ1n) is 9.57. The number of benzene rings is 1. The van der Waals surface area contributed by atoms with Gasteiger partial charge in [0.15, 0.2) is 5.78 Å².